The van der Waals surface area contributed by atoms with Crippen LogP contribution in [0.25, 0.3) is 5.69 Å². The van der Waals surface area contributed by atoms with E-state index in [1.807, 2.05) is 48.5 Å². The maximum atomic E-state index is 12.0. The van der Waals surface area contributed by atoms with E-state index in [1.54, 1.807) is 11.8 Å². The fourth-order valence-electron chi connectivity index (χ4n) is 2.51. The van der Waals surface area contributed by atoms with Crippen molar-refractivity contribution in [3.8, 4) is 11.4 Å². The zero-order chi connectivity index (χ0) is 17.6. The lowest BCUT2D eigenvalue weighted by Gasteiger charge is -2.04. The highest BCUT2D eigenvalue weighted by molar-refractivity contribution is 6.31. The van der Waals surface area contributed by atoms with Crippen LogP contribution in [0.5, 0.6) is 5.75 Å². The fraction of sp³-hybridized carbons (Fsp3) is 0.222. The quantitative estimate of drug-likeness (QED) is 0.500. The summed E-state index contributed by atoms with van der Waals surface area (Å²) in [7, 11) is 1.61. The van der Waals surface area contributed by atoms with Crippen LogP contribution < -0.4 is 20.4 Å². The third-order valence-electron chi connectivity index (χ3n) is 3.89. The lowest BCUT2D eigenvalue weighted by Crippen LogP contribution is -2.41. The van der Waals surface area contributed by atoms with Crippen LogP contribution in [0.4, 0.5) is 0 Å². The van der Waals surface area contributed by atoms with Crippen LogP contribution in [0.3, 0.4) is 0 Å². The van der Waals surface area contributed by atoms with Crippen LogP contribution in [-0.2, 0) is 13.0 Å². The predicted molar refractivity (Wildman–Crippen MR) is 94.3 cm³/mol. The number of rotatable bonds is 7. The van der Waals surface area contributed by atoms with E-state index in [4.69, 9.17) is 20.9 Å². The van der Waals surface area contributed by atoms with Gasteiger partial charge in [-0.3, -0.25) is 4.52 Å². The van der Waals surface area contributed by atoms with Gasteiger partial charge in [0, 0.05) is 17.2 Å². The predicted octanol–water partition coefficient (Wildman–Crippen LogP) is 2.24. The Morgan fingerprint density at radius 1 is 1.20 bits per heavy atom. The third-order valence-corrected chi connectivity index (χ3v) is 4.26. The summed E-state index contributed by atoms with van der Waals surface area (Å²) < 4.78 is 11.7. The number of aromatic nitrogens is 2. The van der Waals surface area contributed by atoms with Crippen molar-refractivity contribution in [2.75, 3.05) is 13.7 Å². The van der Waals surface area contributed by atoms with Crippen molar-refractivity contribution in [1.82, 2.24) is 10.6 Å². The number of methoxy groups -OCH3 is 1. The van der Waals surface area contributed by atoms with E-state index in [2.05, 4.69) is 10.6 Å². The Balaban J connectivity index is 1.65. The number of halogens is 1. The van der Waals surface area contributed by atoms with E-state index in [0.717, 1.165) is 28.4 Å². The first-order chi connectivity index (χ1) is 12.2. The van der Waals surface area contributed by atoms with Crippen LogP contribution in [0.1, 0.15) is 11.3 Å². The minimum Gasteiger partial charge on any atom is -0.497 e. The summed E-state index contributed by atoms with van der Waals surface area (Å²) in [6.45, 7) is 1.07. The second kappa shape index (κ2) is 8.00. The Bertz CT molecular complexity index is 887. The zero-order valence-electron chi connectivity index (χ0n) is 13.8. The molecule has 0 aliphatic heterocycles. The topological polar surface area (TPSA) is 71.1 Å². The molecule has 1 aromatic heterocycles. The van der Waals surface area contributed by atoms with E-state index in [9.17, 15) is 4.79 Å². The van der Waals surface area contributed by atoms with E-state index >= 15 is 0 Å². The number of nitrogens with zero attached hydrogens (tertiary/aromatic N) is 1. The SMILES string of the molecule is COc1ccc(-[n+]2[nH]oc(=O)c2CNCCc2ccccc2Cl)cc1. The molecule has 3 aromatic rings. The van der Waals surface area contributed by atoms with E-state index in [0.29, 0.717) is 18.8 Å². The zero-order valence-corrected chi connectivity index (χ0v) is 14.5. The summed E-state index contributed by atoms with van der Waals surface area (Å²) in [5.41, 5.74) is 1.95. The Labute approximate surface area is 149 Å². The number of aromatic amines is 1. The van der Waals surface area contributed by atoms with Gasteiger partial charge in [-0.05, 0) is 46.7 Å². The van der Waals surface area contributed by atoms with Gasteiger partial charge >= 0.3 is 11.3 Å². The average molecular weight is 361 g/mol. The molecule has 6 nitrogen and oxygen atoms in total. The molecule has 0 atom stereocenters. The molecule has 7 heteroatoms. The number of hydrogen-bond donors (Lipinski definition) is 2. The van der Waals surface area contributed by atoms with Crippen LogP contribution in [-0.4, -0.2) is 18.9 Å². The number of benzene rings is 2. The maximum Gasteiger partial charge on any atom is 0.431 e. The molecule has 3 rings (SSSR count). The van der Waals surface area contributed by atoms with Gasteiger partial charge in [0.2, 0.25) is 5.69 Å². The average Bonchev–Trinajstić information content (AvgIpc) is 3.01. The molecule has 2 N–H and O–H groups in total. The molecule has 0 saturated carbocycles. The Hall–Kier alpha value is -2.57. The van der Waals surface area contributed by atoms with Gasteiger partial charge in [0.1, 0.15) is 5.75 Å². The van der Waals surface area contributed by atoms with Crippen molar-refractivity contribution in [3.63, 3.8) is 0 Å². The minimum absolute atomic E-state index is 0.377. The number of ether oxygens (including phenoxy) is 1. The first kappa shape index (κ1) is 17.3. The molecule has 25 heavy (non-hydrogen) atoms. The van der Waals surface area contributed by atoms with E-state index in [1.165, 1.54) is 0 Å². The monoisotopic (exact) mass is 360 g/mol. The number of hydrogen-bond acceptors (Lipinski definition) is 4. The molecule has 0 amide bonds. The van der Waals surface area contributed by atoms with Gasteiger partial charge in [0.05, 0.1) is 13.7 Å². The lowest BCUT2D eigenvalue weighted by molar-refractivity contribution is -0.677. The molecule has 0 saturated heterocycles. The second-order valence-corrected chi connectivity index (χ2v) is 5.89. The summed E-state index contributed by atoms with van der Waals surface area (Å²) in [4.78, 5) is 12.0. The van der Waals surface area contributed by atoms with Crippen molar-refractivity contribution in [3.05, 3.63) is 75.2 Å². The van der Waals surface area contributed by atoms with Gasteiger partial charge in [0.25, 0.3) is 0 Å². The first-order valence-corrected chi connectivity index (χ1v) is 8.28. The molecule has 0 aliphatic carbocycles. The molecule has 0 unspecified atom stereocenters. The smallest absolute Gasteiger partial charge is 0.431 e. The van der Waals surface area contributed by atoms with Gasteiger partial charge in [-0.15, -0.1) is 0 Å². The maximum absolute atomic E-state index is 12.0. The fourth-order valence-corrected chi connectivity index (χ4v) is 2.74. The summed E-state index contributed by atoms with van der Waals surface area (Å²) in [5.74, 6) is 0.745. The molecule has 1 heterocycles. The highest BCUT2D eigenvalue weighted by Gasteiger charge is 2.22. The van der Waals surface area contributed by atoms with Crippen LogP contribution in [0, 0.1) is 0 Å². The molecule has 130 valence electrons. The Morgan fingerprint density at radius 3 is 2.68 bits per heavy atom. The van der Waals surface area contributed by atoms with Gasteiger partial charge in [-0.2, -0.15) is 0 Å². The molecule has 0 bridgehead atoms. The molecular weight excluding hydrogens is 342 g/mol. The Kier molecular flexibility index (Phi) is 5.53. The Morgan fingerprint density at radius 2 is 1.96 bits per heavy atom. The van der Waals surface area contributed by atoms with Crippen LogP contribution >= 0.6 is 11.6 Å². The molecule has 0 spiro atoms. The van der Waals surface area contributed by atoms with Crippen LogP contribution in [0.2, 0.25) is 5.02 Å². The highest BCUT2D eigenvalue weighted by Crippen LogP contribution is 2.15. The largest absolute Gasteiger partial charge is 0.497 e. The van der Waals surface area contributed by atoms with Crippen molar-refractivity contribution in [2.24, 2.45) is 0 Å². The van der Waals surface area contributed by atoms with Crippen molar-refractivity contribution in [1.29, 1.82) is 0 Å². The molecule has 0 aliphatic rings. The number of H-pyrrole nitrogens is 1. The van der Waals surface area contributed by atoms with Gasteiger partial charge in [-0.1, -0.05) is 29.8 Å². The van der Waals surface area contributed by atoms with Gasteiger partial charge in [0.15, 0.2) is 0 Å². The highest BCUT2D eigenvalue weighted by atomic mass is 35.5. The van der Waals surface area contributed by atoms with Crippen molar-refractivity contribution >= 4 is 11.6 Å². The summed E-state index contributed by atoms with van der Waals surface area (Å²) in [6.07, 6.45) is 0.776. The standard InChI is InChI=1S/C18H18ClN3O3/c1-24-15-8-6-14(7-9-15)22-17(18(23)25-21-22)12-20-11-10-13-4-2-3-5-16(13)19/h2-9,20H,10-12H2,1H3/p+1. The first-order valence-electron chi connectivity index (χ1n) is 7.90. The van der Waals surface area contributed by atoms with Crippen LogP contribution in [0.15, 0.2) is 57.8 Å². The van der Waals surface area contributed by atoms with Crippen molar-refractivity contribution < 1.29 is 13.9 Å². The number of nitrogens with one attached hydrogen (secondary N) is 2. The van der Waals surface area contributed by atoms with Gasteiger partial charge in [-0.25, -0.2) is 4.79 Å². The molecule has 0 fully saturated rings. The molecule has 2 aromatic carbocycles. The molecular formula is C18H19ClN3O3+. The summed E-state index contributed by atoms with van der Waals surface area (Å²) in [5, 5.41) is 6.62. The minimum atomic E-state index is -0.402. The second-order valence-electron chi connectivity index (χ2n) is 5.48. The molecule has 0 radical (unpaired) electrons. The lowest BCUT2D eigenvalue weighted by atomic mass is 10.1. The van der Waals surface area contributed by atoms with E-state index in [-0.39, 0.29) is 0 Å². The normalized spacial score (nSPS) is 10.8. The van der Waals surface area contributed by atoms with E-state index < -0.39 is 5.63 Å². The summed E-state index contributed by atoms with van der Waals surface area (Å²) in [6, 6.07) is 15.1. The van der Waals surface area contributed by atoms with Gasteiger partial charge < -0.3 is 10.1 Å². The third kappa shape index (κ3) is 4.10. The summed E-state index contributed by atoms with van der Waals surface area (Å²) >= 11 is 6.15. The van der Waals surface area contributed by atoms with Crippen molar-refractivity contribution in [2.45, 2.75) is 13.0 Å².